The van der Waals surface area contributed by atoms with E-state index in [4.69, 9.17) is 9.97 Å². The highest BCUT2D eigenvalue weighted by Crippen LogP contribution is 2.41. The number of fused-ring (bicyclic) bond motifs is 3. The van der Waals surface area contributed by atoms with Gasteiger partial charge in [0, 0.05) is 39.0 Å². The Morgan fingerprint density at radius 2 is 0.875 bits per heavy atom. The SMILES string of the molecule is c1ccc(-c2ncc(-n3c4ccccc4c4cc(-c5ccccc5-c5ccc(N(c6ccccc6)c6ccccc6)cc5)ccc43)c(-c3ccccc3)n2)cc1. The molecule has 8 aromatic carbocycles. The molecule has 0 spiro atoms. The van der Waals surface area contributed by atoms with Crippen molar-refractivity contribution in [3.05, 3.63) is 219 Å². The number of anilines is 3. The maximum absolute atomic E-state index is 5.21. The van der Waals surface area contributed by atoms with Gasteiger partial charge in [-0.15, -0.1) is 0 Å². The molecule has 0 aliphatic heterocycles. The van der Waals surface area contributed by atoms with Crippen LogP contribution in [0.1, 0.15) is 0 Å². The van der Waals surface area contributed by atoms with Crippen molar-refractivity contribution in [2.75, 3.05) is 4.90 Å². The Labute approximate surface area is 326 Å². The van der Waals surface area contributed by atoms with Crippen LogP contribution in [0.2, 0.25) is 0 Å². The first kappa shape index (κ1) is 33.0. The zero-order valence-corrected chi connectivity index (χ0v) is 30.6. The second-order valence-electron chi connectivity index (χ2n) is 13.8. The largest absolute Gasteiger partial charge is 0.311 e. The van der Waals surface area contributed by atoms with Gasteiger partial charge in [0.1, 0.15) is 0 Å². The van der Waals surface area contributed by atoms with Crippen LogP contribution in [-0.4, -0.2) is 14.5 Å². The molecule has 264 valence electrons. The van der Waals surface area contributed by atoms with Gasteiger partial charge in [0.25, 0.3) is 0 Å². The van der Waals surface area contributed by atoms with Gasteiger partial charge >= 0.3 is 0 Å². The summed E-state index contributed by atoms with van der Waals surface area (Å²) >= 11 is 0. The summed E-state index contributed by atoms with van der Waals surface area (Å²) in [6, 6.07) is 74.8. The molecule has 0 unspecified atom stereocenters. The van der Waals surface area contributed by atoms with Gasteiger partial charge in [-0.25, -0.2) is 9.97 Å². The number of rotatable bonds is 8. The third-order valence-corrected chi connectivity index (χ3v) is 10.5. The van der Waals surface area contributed by atoms with Gasteiger partial charge in [-0.1, -0.05) is 158 Å². The summed E-state index contributed by atoms with van der Waals surface area (Å²) < 4.78 is 2.32. The fraction of sp³-hybridized carbons (Fsp3) is 0. The first-order valence-corrected chi connectivity index (χ1v) is 18.9. The van der Waals surface area contributed by atoms with Crippen molar-refractivity contribution in [1.29, 1.82) is 0 Å². The molecular weight excluding hydrogens is 681 g/mol. The maximum atomic E-state index is 5.21. The van der Waals surface area contributed by atoms with E-state index < -0.39 is 0 Å². The summed E-state index contributed by atoms with van der Waals surface area (Å²) in [4.78, 5) is 12.4. The minimum atomic E-state index is 0.703. The van der Waals surface area contributed by atoms with Crippen molar-refractivity contribution in [1.82, 2.24) is 14.5 Å². The highest BCUT2D eigenvalue weighted by molar-refractivity contribution is 6.11. The molecule has 10 aromatic rings. The van der Waals surface area contributed by atoms with Gasteiger partial charge in [0.15, 0.2) is 5.82 Å². The molecule has 0 bridgehead atoms. The van der Waals surface area contributed by atoms with Crippen LogP contribution in [0.5, 0.6) is 0 Å². The molecule has 56 heavy (non-hydrogen) atoms. The Morgan fingerprint density at radius 1 is 0.375 bits per heavy atom. The number of para-hydroxylation sites is 3. The first-order chi connectivity index (χ1) is 27.8. The number of nitrogens with zero attached hydrogens (tertiary/aromatic N) is 4. The predicted molar refractivity (Wildman–Crippen MR) is 233 cm³/mol. The lowest BCUT2D eigenvalue weighted by molar-refractivity contribution is 1.09. The van der Waals surface area contributed by atoms with Crippen molar-refractivity contribution >= 4 is 38.9 Å². The van der Waals surface area contributed by atoms with Crippen molar-refractivity contribution in [2.24, 2.45) is 0 Å². The van der Waals surface area contributed by atoms with E-state index in [1.165, 1.54) is 21.9 Å². The quantitative estimate of drug-likeness (QED) is 0.157. The van der Waals surface area contributed by atoms with Crippen LogP contribution >= 0.6 is 0 Å². The Kier molecular flexibility index (Phi) is 8.47. The molecule has 10 rings (SSSR count). The van der Waals surface area contributed by atoms with Crippen LogP contribution in [0, 0.1) is 0 Å². The number of hydrogen-bond acceptors (Lipinski definition) is 3. The Bertz CT molecular complexity index is 2900. The summed E-state index contributed by atoms with van der Waals surface area (Å²) in [5.74, 6) is 0.703. The van der Waals surface area contributed by atoms with Gasteiger partial charge in [0.05, 0.1) is 28.6 Å². The topological polar surface area (TPSA) is 34.0 Å². The summed E-state index contributed by atoms with van der Waals surface area (Å²) in [5, 5.41) is 2.36. The third-order valence-electron chi connectivity index (χ3n) is 10.5. The van der Waals surface area contributed by atoms with Crippen LogP contribution in [0.3, 0.4) is 0 Å². The van der Waals surface area contributed by atoms with Crippen LogP contribution in [-0.2, 0) is 0 Å². The summed E-state index contributed by atoms with van der Waals surface area (Å²) in [6.45, 7) is 0. The highest BCUT2D eigenvalue weighted by Gasteiger charge is 2.20. The van der Waals surface area contributed by atoms with Gasteiger partial charge in [0.2, 0.25) is 0 Å². The lowest BCUT2D eigenvalue weighted by atomic mass is 9.93. The fourth-order valence-corrected chi connectivity index (χ4v) is 7.85. The molecule has 0 amide bonds. The normalized spacial score (nSPS) is 11.2. The highest BCUT2D eigenvalue weighted by atomic mass is 15.1. The van der Waals surface area contributed by atoms with Crippen LogP contribution < -0.4 is 4.90 Å². The van der Waals surface area contributed by atoms with E-state index in [1.807, 2.05) is 30.5 Å². The first-order valence-electron chi connectivity index (χ1n) is 18.9. The summed E-state index contributed by atoms with van der Waals surface area (Å²) in [6.07, 6.45) is 1.98. The molecule has 0 aliphatic rings. The third kappa shape index (κ3) is 6.00. The molecule has 0 fully saturated rings. The average molecular weight is 717 g/mol. The van der Waals surface area contributed by atoms with Crippen LogP contribution in [0.4, 0.5) is 17.1 Å². The van der Waals surface area contributed by atoms with E-state index in [0.717, 1.165) is 61.7 Å². The number of aromatic nitrogens is 3. The Hall–Kier alpha value is -7.56. The molecule has 2 heterocycles. The van der Waals surface area contributed by atoms with Gasteiger partial charge in [-0.2, -0.15) is 0 Å². The van der Waals surface area contributed by atoms with Crippen LogP contribution in [0.15, 0.2) is 219 Å². The van der Waals surface area contributed by atoms with E-state index in [0.29, 0.717) is 5.82 Å². The Balaban J connectivity index is 1.08. The van der Waals surface area contributed by atoms with E-state index >= 15 is 0 Å². The minimum Gasteiger partial charge on any atom is -0.311 e. The van der Waals surface area contributed by atoms with Crippen molar-refractivity contribution in [3.63, 3.8) is 0 Å². The molecule has 4 heteroatoms. The van der Waals surface area contributed by atoms with Gasteiger partial charge < -0.3 is 9.47 Å². The van der Waals surface area contributed by atoms with Crippen molar-refractivity contribution in [2.45, 2.75) is 0 Å². The standard InChI is InChI=1S/C52H36N4/c1-5-17-38(18-6-1)51-50(36-53-52(54-51)39-19-7-2-8-20-39)56-48-28-16-15-27-46(48)47-35-40(31-34-49(47)56)45-26-14-13-25-44(45)37-29-32-43(33-30-37)55(41-21-9-3-10-22-41)42-23-11-4-12-24-42/h1-36H. The molecule has 0 N–H and O–H groups in total. The molecule has 4 nitrogen and oxygen atoms in total. The minimum absolute atomic E-state index is 0.703. The lowest BCUT2D eigenvalue weighted by Crippen LogP contribution is -2.09. The zero-order valence-electron chi connectivity index (χ0n) is 30.6. The second-order valence-corrected chi connectivity index (χ2v) is 13.8. The summed E-state index contributed by atoms with van der Waals surface area (Å²) in [7, 11) is 0. The molecule has 0 aliphatic carbocycles. The molecule has 2 aromatic heterocycles. The van der Waals surface area contributed by atoms with Crippen LogP contribution in [0.25, 0.3) is 72.4 Å². The van der Waals surface area contributed by atoms with E-state index in [-0.39, 0.29) is 0 Å². The van der Waals surface area contributed by atoms with Crippen molar-refractivity contribution in [3.8, 4) is 50.6 Å². The van der Waals surface area contributed by atoms with E-state index in [2.05, 4.69) is 198 Å². The maximum Gasteiger partial charge on any atom is 0.159 e. The summed E-state index contributed by atoms with van der Waals surface area (Å²) in [5.41, 5.74) is 14.1. The lowest BCUT2D eigenvalue weighted by Gasteiger charge is -2.25. The molecular formula is C52H36N4. The Morgan fingerprint density at radius 3 is 1.54 bits per heavy atom. The smallest absolute Gasteiger partial charge is 0.159 e. The number of hydrogen-bond donors (Lipinski definition) is 0. The molecule has 0 radical (unpaired) electrons. The van der Waals surface area contributed by atoms with Gasteiger partial charge in [-0.3, -0.25) is 0 Å². The van der Waals surface area contributed by atoms with E-state index in [1.54, 1.807) is 0 Å². The monoisotopic (exact) mass is 716 g/mol. The van der Waals surface area contributed by atoms with E-state index in [9.17, 15) is 0 Å². The molecule has 0 atom stereocenters. The van der Waals surface area contributed by atoms with Gasteiger partial charge in [-0.05, 0) is 76.9 Å². The molecule has 0 saturated heterocycles. The zero-order chi connectivity index (χ0) is 37.3. The predicted octanol–water partition coefficient (Wildman–Crippen LogP) is 13.7. The molecule has 0 saturated carbocycles. The average Bonchev–Trinajstić information content (AvgIpc) is 3.61. The second kappa shape index (κ2) is 14.3. The van der Waals surface area contributed by atoms with Crippen molar-refractivity contribution < 1.29 is 0 Å². The fourth-order valence-electron chi connectivity index (χ4n) is 7.85. The number of benzene rings is 8.